The molecular formula is C13H14N4O3. The van der Waals surface area contributed by atoms with Crippen molar-refractivity contribution in [3.05, 3.63) is 52.6 Å². The van der Waals surface area contributed by atoms with E-state index in [1.54, 1.807) is 30.7 Å². The number of hydrogen-bond donors (Lipinski definition) is 0. The highest BCUT2D eigenvalue weighted by Gasteiger charge is 2.16. The fraction of sp³-hybridized carbons (Fsp3) is 0.231. The topological polar surface area (TPSA) is 81.4 Å². The van der Waals surface area contributed by atoms with Crippen LogP contribution in [-0.4, -0.2) is 29.0 Å². The van der Waals surface area contributed by atoms with Gasteiger partial charge in [-0.25, -0.2) is 0 Å². The molecule has 1 heterocycles. The predicted molar refractivity (Wildman–Crippen MR) is 73.8 cm³/mol. The van der Waals surface area contributed by atoms with Gasteiger partial charge in [0.1, 0.15) is 0 Å². The molecule has 1 aromatic carbocycles. The van der Waals surface area contributed by atoms with Crippen molar-refractivity contribution < 1.29 is 9.66 Å². The maximum Gasteiger partial charge on any atom is 0.311 e. The summed E-state index contributed by atoms with van der Waals surface area (Å²) < 4.78 is 5.05. The molecule has 0 N–H and O–H groups in total. The van der Waals surface area contributed by atoms with Gasteiger partial charge in [0.2, 0.25) is 0 Å². The third kappa shape index (κ3) is 3.00. The van der Waals surface area contributed by atoms with Crippen molar-refractivity contribution in [2.45, 2.75) is 6.54 Å². The van der Waals surface area contributed by atoms with Crippen LogP contribution in [0.4, 0.5) is 11.4 Å². The van der Waals surface area contributed by atoms with Gasteiger partial charge in [0, 0.05) is 37.3 Å². The van der Waals surface area contributed by atoms with Crippen LogP contribution < -0.4 is 9.64 Å². The van der Waals surface area contributed by atoms with E-state index in [4.69, 9.17) is 4.74 Å². The zero-order chi connectivity index (χ0) is 14.5. The van der Waals surface area contributed by atoms with Crippen LogP contribution in [0.5, 0.6) is 5.75 Å². The minimum absolute atomic E-state index is 0.0517. The molecule has 0 aliphatic carbocycles. The Balaban J connectivity index is 2.22. The highest BCUT2D eigenvalue weighted by molar-refractivity contribution is 5.59. The van der Waals surface area contributed by atoms with E-state index in [-0.39, 0.29) is 11.4 Å². The van der Waals surface area contributed by atoms with Gasteiger partial charge in [-0.1, -0.05) is 0 Å². The van der Waals surface area contributed by atoms with Crippen LogP contribution >= 0.6 is 0 Å². The van der Waals surface area contributed by atoms with Crippen molar-refractivity contribution in [1.29, 1.82) is 0 Å². The van der Waals surface area contributed by atoms with E-state index in [2.05, 4.69) is 9.97 Å². The molecule has 0 fully saturated rings. The van der Waals surface area contributed by atoms with Crippen LogP contribution in [0.1, 0.15) is 5.69 Å². The number of nitro groups is 1. The number of rotatable bonds is 5. The number of nitrogens with zero attached hydrogens (tertiary/aromatic N) is 4. The maximum atomic E-state index is 10.8. The van der Waals surface area contributed by atoms with Gasteiger partial charge in [-0.15, -0.1) is 0 Å². The van der Waals surface area contributed by atoms with E-state index in [0.29, 0.717) is 6.54 Å². The summed E-state index contributed by atoms with van der Waals surface area (Å²) in [6.45, 7) is 0.550. The first-order chi connectivity index (χ1) is 9.61. The number of anilines is 1. The first kappa shape index (κ1) is 13.7. The molecule has 0 spiro atoms. The molecular weight excluding hydrogens is 260 g/mol. The predicted octanol–water partition coefficient (Wildman–Crippen LogP) is 2.03. The van der Waals surface area contributed by atoms with E-state index >= 15 is 0 Å². The fourth-order valence-electron chi connectivity index (χ4n) is 1.80. The minimum Gasteiger partial charge on any atom is -0.490 e. The van der Waals surface area contributed by atoms with Crippen molar-refractivity contribution in [1.82, 2.24) is 9.97 Å². The monoisotopic (exact) mass is 274 g/mol. The summed E-state index contributed by atoms with van der Waals surface area (Å²) in [4.78, 5) is 20.5. The number of methoxy groups -OCH3 is 1. The fourth-order valence-corrected chi connectivity index (χ4v) is 1.80. The maximum absolute atomic E-state index is 10.8. The second-order valence-corrected chi connectivity index (χ2v) is 4.17. The molecule has 0 saturated heterocycles. The quantitative estimate of drug-likeness (QED) is 0.613. The van der Waals surface area contributed by atoms with Gasteiger partial charge in [0.15, 0.2) is 5.75 Å². The zero-order valence-corrected chi connectivity index (χ0v) is 11.2. The Hall–Kier alpha value is -2.70. The largest absolute Gasteiger partial charge is 0.490 e. The van der Waals surface area contributed by atoms with Crippen LogP contribution in [0.2, 0.25) is 0 Å². The number of hydrogen-bond acceptors (Lipinski definition) is 6. The number of benzene rings is 1. The molecule has 0 aliphatic rings. The molecule has 0 aliphatic heterocycles. The number of nitro benzene ring substituents is 1. The highest BCUT2D eigenvalue weighted by Crippen LogP contribution is 2.31. The summed E-state index contributed by atoms with van der Waals surface area (Å²) in [7, 11) is 3.28. The molecule has 0 unspecified atom stereocenters. The molecule has 7 heteroatoms. The standard InChI is InChI=1S/C13H14N4O3/c1-16(9-10-8-14-5-6-15-10)11-3-4-12(17(18)19)13(7-11)20-2/h3-8H,9H2,1-2H3. The van der Waals surface area contributed by atoms with Crippen LogP contribution in [0, 0.1) is 10.1 Å². The van der Waals surface area contributed by atoms with Crippen molar-refractivity contribution in [2.24, 2.45) is 0 Å². The Morgan fingerprint density at radius 2 is 2.20 bits per heavy atom. The van der Waals surface area contributed by atoms with E-state index < -0.39 is 4.92 Å². The van der Waals surface area contributed by atoms with Crippen LogP contribution in [-0.2, 0) is 6.54 Å². The SMILES string of the molecule is COc1cc(N(C)Cc2cnccn2)ccc1[N+](=O)[O-]. The van der Waals surface area contributed by atoms with Crippen molar-refractivity contribution in [3.63, 3.8) is 0 Å². The van der Waals surface area contributed by atoms with E-state index in [0.717, 1.165) is 11.4 Å². The molecule has 0 saturated carbocycles. The van der Waals surface area contributed by atoms with Crippen LogP contribution in [0.25, 0.3) is 0 Å². The van der Waals surface area contributed by atoms with Gasteiger partial charge in [0.25, 0.3) is 0 Å². The van der Waals surface area contributed by atoms with Gasteiger partial charge in [-0.3, -0.25) is 20.1 Å². The molecule has 0 bridgehead atoms. The van der Waals surface area contributed by atoms with E-state index in [1.807, 2.05) is 11.9 Å². The van der Waals surface area contributed by atoms with Gasteiger partial charge < -0.3 is 9.64 Å². The Morgan fingerprint density at radius 3 is 2.80 bits per heavy atom. The zero-order valence-electron chi connectivity index (χ0n) is 11.2. The second-order valence-electron chi connectivity index (χ2n) is 4.17. The highest BCUT2D eigenvalue weighted by atomic mass is 16.6. The number of ether oxygens (including phenoxy) is 1. The average molecular weight is 274 g/mol. The Labute approximate surface area is 116 Å². The summed E-state index contributed by atoms with van der Waals surface area (Å²) in [5.41, 5.74) is 1.56. The molecule has 2 aromatic rings. The summed E-state index contributed by atoms with van der Waals surface area (Å²) in [6, 6.07) is 4.74. The van der Waals surface area contributed by atoms with Crippen molar-refractivity contribution >= 4 is 11.4 Å². The van der Waals surface area contributed by atoms with Crippen molar-refractivity contribution in [2.75, 3.05) is 19.1 Å². The van der Waals surface area contributed by atoms with E-state index in [9.17, 15) is 10.1 Å². The molecule has 7 nitrogen and oxygen atoms in total. The molecule has 2 rings (SSSR count). The third-order valence-corrected chi connectivity index (χ3v) is 2.82. The lowest BCUT2D eigenvalue weighted by Gasteiger charge is -2.19. The molecule has 0 atom stereocenters. The average Bonchev–Trinajstić information content (AvgIpc) is 2.47. The lowest BCUT2D eigenvalue weighted by atomic mass is 10.2. The van der Waals surface area contributed by atoms with Gasteiger partial charge in [-0.05, 0) is 6.07 Å². The number of aromatic nitrogens is 2. The lowest BCUT2D eigenvalue weighted by molar-refractivity contribution is -0.385. The summed E-state index contributed by atoms with van der Waals surface area (Å²) in [5, 5.41) is 10.8. The Kier molecular flexibility index (Phi) is 4.09. The molecule has 0 radical (unpaired) electrons. The molecule has 1 aromatic heterocycles. The van der Waals surface area contributed by atoms with Crippen LogP contribution in [0.15, 0.2) is 36.8 Å². The summed E-state index contributed by atoms with van der Waals surface area (Å²) >= 11 is 0. The summed E-state index contributed by atoms with van der Waals surface area (Å²) in [6.07, 6.45) is 4.91. The Bertz CT molecular complexity index is 604. The Morgan fingerprint density at radius 1 is 1.40 bits per heavy atom. The first-order valence-electron chi connectivity index (χ1n) is 5.90. The van der Waals surface area contributed by atoms with Crippen LogP contribution in [0.3, 0.4) is 0 Å². The molecule has 104 valence electrons. The lowest BCUT2D eigenvalue weighted by Crippen LogP contribution is -2.17. The smallest absolute Gasteiger partial charge is 0.311 e. The summed E-state index contributed by atoms with van der Waals surface area (Å²) in [5.74, 6) is 0.235. The van der Waals surface area contributed by atoms with Gasteiger partial charge in [0.05, 0.1) is 30.5 Å². The minimum atomic E-state index is -0.467. The first-order valence-corrected chi connectivity index (χ1v) is 5.90. The van der Waals surface area contributed by atoms with E-state index in [1.165, 1.54) is 13.2 Å². The third-order valence-electron chi connectivity index (χ3n) is 2.82. The van der Waals surface area contributed by atoms with Crippen molar-refractivity contribution in [3.8, 4) is 5.75 Å². The molecule has 20 heavy (non-hydrogen) atoms. The van der Waals surface area contributed by atoms with Gasteiger partial charge >= 0.3 is 5.69 Å². The molecule has 0 amide bonds. The second kappa shape index (κ2) is 5.96. The van der Waals surface area contributed by atoms with Gasteiger partial charge in [-0.2, -0.15) is 0 Å². The normalized spacial score (nSPS) is 10.1.